The lowest BCUT2D eigenvalue weighted by Gasteiger charge is -2.33. The fourth-order valence-corrected chi connectivity index (χ4v) is 3.85. The van der Waals surface area contributed by atoms with E-state index in [-0.39, 0.29) is 24.0 Å². The highest BCUT2D eigenvalue weighted by Crippen LogP contribution is 2.24. The molecule has 144 valence electrons. The number of hydrogen-bond donors (Lipinski definition) is 2. The number of aryl methyl sites for hydroxylation is 1. The molecule has 2 aromatic heterocycles. The molecule has 6 nitrogen and oxygen atoms in total. The van der Waals surface area contributed by atoms with Crippen LogP contribution in [0.25, 0.3) is 0 Å². The fraction of sp³-hybridized carbons (Fsp3) is 0.556. The number of nitrogens with zero attached hydrogens (tertiary/aromatic N) is 4. The number of hydrogen-bond acceptors (Lipinski definition) is 4. The summed E-state index contributed by atoms with van der Waals surface area (Å²) >= 11 is 1.82. The van der Waals surface area contributed by atoms with Crippen molar-refractivity contribution >= 4 is 46.3 Å². The normalized spacial score (nSPS) is 15.6. The second-order valence-corrected chi connectivity index (χ2v) is 7.32. The first kappa shape index (κ1) is 21.0. The zero-order valence-corrected chi connectivity index (χ0v) is 18.7. The predicted octanol–water partition coefficient (Wildman–Crippen LogP) is 3.10. The number of aromatic nitrogens is 2. The average Bonchev–Trinajstić information content (AvgIpc) is 3.28. The largest absolute Gasteiger partial charge is 0.363 e. The first-order chi connectivity index (χ1) is 12.2. The lowest BCUT2D eigenvalue weighted by atomic mass is 10.1. The zero-order valence-electron chi connectivity index (χ0n) is 15.5. The Morgan fingerprint density at radius 2 is 2.19 bits per heavy atom. The van der Waals surface area contributed by atoms with Crippen LogP contribution in [0.1, 0.15) is 25.3 Å². The molecule has 1 saturated heterocycles. The van der Waals surface area contributed by atoms with E-state index in [1.165, 1.54) is 10.6 Å². The Labute approximate surface area is 177 Å². The monoisotopic (exact) mass is 488 g/mol. The van der Waals surface area contributed by atoms with Crippen LogP contribution in [0.15, 0.2) is 34.9 Å². The van der Waals surface area contributed by atoms with Crippen molar-refractivity contribution in [2.24, 2.45) is 4.99 Å². The van der Waals surface area contributed by atoms with E-state index >= 15 is 0 Å². The molecule has 1 aliphatic heterocycles. The molecule has 0 spiro atoms. The Balaban J connectivity index is 0.00000243. The molecule has 1 fully saturated rings. The lowest BCUT2D eigenvalue weighted by Crippen LogP contribution is -2.48. The number of rotatable bonds is 6. The molecule has 0 aromatic carbocycles. The number of halogens is 1. The van der Waals surface area contributed by atoms with Gasteiger partial charge >= 0.3 is 0 Å². The van der Waals surface area contributed by atoms with Crippen LogP contribution in [0.4, 0.5) is 5.00 Å². The molecule has 2 aromatic rings. The van der Waals surface area contributed by atoms with Crippen molar-refractivity contribution < 1.29 is 0 Å². The van der Waals surface area contributed by atoms with Crippen LogP contribution in [-0.2, 0) is 6.54 Å². The third-order valence-electron chi connectivity index (χ3n) is 4.36. The molecule has 8 heteroatoms. The molecule has 1 aliphatic rings. The maximum atomic E-state index is 4.70. The van der Waals surface area contributed by atoms with E-state index < -0.39 is 0 Å². The Bertz CT molecular complexity index is 661. The summed E-state index contributed by atoms with van der Waals surface area (Å²) in [6, 6.07) is 4.82. The summed E-state index contributed by atoms with van der Waals surface area (Å²) in [5.74, 6) is 0.918. The van der Waals surface area contributed by atoms with Crippen molar-refractivity contribution in [3.05, 3.63) is 35.5 Å². The van der Waals surface area contributed by atoms with E-state index in [4.69, 9.17) is 4.99 Å². The molecule has 0 saturated carbocycles. The average molecular weight is 488 g/mol. The first-order valence-electron chi connectivity index (χ1n) is 9.07. The number of guanidine groups is 1. The topological polar surface area (TPSA) is 57.5 Å². The van der Waals surface area contributed by atoms with Crippen molar-refractivity contribution in [1.29, 1.82) is 0 Å². The van der Waals surface area contributed by atoms with Crippen molar-refractivity contribution in [3.63, 3.8) is 0 Å². The maximum Gasteiger partial charge on any atom is 0.191 e. The predicted molar refractivity (Wildman–Crippen MR) is 121 cm³/mol. The molecule has 3 heterocycles. The molecule has 3 rings (SSSR count). The number of aliphatic imine (C=N–C) groups is 1. The second-order valence-electron chi connectivity index (χ2n) is 6.40. The van der Waals surface area contributed by atoms with E-state index in [1.54, 1.807) is 0 Å². The van der Waals surface area contributed by atoms with Gasteiger partial charge in [-0.15, -0.1) is 35.3 Å². The van der Waals surface area contributed by atoms with Crippen LogP contribution in [0.2, 0.25) is 0 Å². The van der Waals surface area contributed by atoms with Gasteiger partial charge < -0.3 is 15.5 Å². The zero-order chi connectivity index (χ0) is 17.5. The van der Waals surface area contributed by atoms with E-state index in [0.29, 0.717) is 6.04 Å². The van der Waals surface area contributed by atoms with Gasteiger partial charge in [0.05, 0.1) is 24.3 Å². The molecule has 0 aliphatic carbocycles. The summed E-state index contributed by atoms with van der Waals surface area (Å²) < 4.78 is 1.95. The van der Waals surface area contributed by atoms with E-state index in [1.807, 2.05) is 22.2 Å². The first-order valence-corrected chi connectivity index (χ1v) is 9.95. The van der Waals surface area contributed by atoms with Crippen LogP contribution in [0.5, 0.6) is 0 Å². The minimum absolute atomic E-state index is 0. The van der Waals surface area contributed by atoms with Gasteiger partial charge in [0, 0.05) is 31.9 Å². The summed E-state index contributed by atoms with van der Waals surface area (Å²) in [6.07, 6.45) is 6.21. The molecule has 0 bridgehead atoms. The highest BCUT2D eigenvalue weighted by atomic mass is 127. The van der Waals surface area contributed by atoms with Crippen LogP contribution in [-0.4, -0.2) is 48.0 Å². The lowest BCUT2D eigenvalue weighted by molar-refractivity contribution is 0.462. The molecular weight excluding hydrogens is 459 g/mol. The Hall–Kier alpha value is -1.29. The van der Waals surface area contributed by atoms with Crippen molar-refractivity contribution in [2.45, 2.75) is 39.3 Å². The van der Waals surface area contributed by atoms with Gasteiger partial charge in [0.25, 0.3) is 0 Å². The number of thiophene rings is 1. The standard InChI is InChI=1S/C18H28N6S.HI/c1-3-19-18(20-8-11-24-14-15(2)13-21-24)22-16-6-9-23(10-7-16)17-5-4-12-25-17;/h4-5,12-14,16H,3,6-11H2,1-2H3,(H2,19,20,22);1H. The quantitative estimate of drug-likeness (QED) is 0.373. The molecule has 0 atom stereocenters. The second kappa shape index (κ2) is 10.8. The number of piperidine rings is 1. The van der Waals surface area contributed by atoms with Gasteiger partial charge in [-0.3, -0.25) is 9.67 Å². The van der Waals surface area contributed by atoms with Crippen LogP contribution in [0, 0.1) is 6.92 Å². The molecule has 0 amide bonds. The minimum atomic E-state index is 0. The smallest absolute Gasteiger partial charge is 0.191 e. The van der Waals surface area contributed by atoms with E-state index in [2.05, 4.69) is 58.2 Å². The molecule has 26 heavy (non-hydrogen) atoms. The number of nitrogens with one attached hydrogen (secondary N) is 2. The van der Waals surface area contributed by atoms with Gasteiger partial charge in [0.2, 0.25) is 0 Å². The Morgan fingerprint density at radius 3 is 2.81 bits per heavy atom. The summed E-state index contributed by atoms with van der Waals surface area (Å²) in [5, 5.41) is 14.8. The van der Waals surface area contributed by atoms with Crippen LogP contribution < -0.4 is 15.5 Å². The Kier molecular flexibility index (Phi) is 8.70. The third-order valence-corrected chi connectivity index (χ3v) is 5.29. The molecule has 2 N–H and O–H groups in total. The highest BCUT2D eigenvalue weighted by Gasteiger charge is 2.20. The van der Waals surface area contributed by atoms with Crippen molar-refractivity contribution in [2.75, 3.05) is 31.1 Å². The van der Waals surface area contributed by atoms with Gasteiger partial charge in [-0.2, -0.15) is 5.10 Å². The SMILES string of the molecule is CCNC(=NCCn1cc(C)cn1)NC1CCN(c2cccs2)CC1.I. The van der Waals surface area contributed by atoms with Gasteiger partial charge in [0.1, 0.15) is 0 Å². The molecular formula is C18H29IN6S. The summed E-state index contributed by atoms with van der Waals surface area (Å²) in [4.78, 5) is 7.18. The maximum absolute atomic E-state index is 4.70. The van der Waals surface area contributed by atoms with Crippen molar-refractivity contribution in [1.82, 2.24) is 20.4 Å². The van der Waals surface area contributed by atoms with E-state index in [9.17, 15) is 0 Å². The van der Waals surface area contributed by atoms with E-state index in [0.717, 1.165) is 51.5 Å². The van der Waals surface area contributed by atoms with Gasteiger partial charge in [-0.1, -0.05) is 0 Å². The van der Waals surface area contributed by atoms with Crippen molar-refractivity contribution in [3.8, 4) is 0 Å². The molecule has 0 radical (unpaired) electrons. The van der Waals surface area contributed by atoms with Crippen LogP contribution in [0.3, 0.4) is 0 Å². The highest BCUT2D eigenvalue weighted by molar-refractivity contribution is 14.0. The fourth-order valence-electron chi connectivity index (χ4n) is 3.06. The summed E-state index contributed by atoms with van der Waals surface area (Å²) in [5.41, 5.74) is 1.19. The third kappa shape index (κ3) is 6.15. The number of anilines is 1. The van der Waals surface area contributed by atoms with Gasteiger partial charge in [-0.05, 0) is 49.8 Å². The van der Waals surface area contributed by atoms with Gasteiger partial charge in [0.15, 0.2) is 5.96 Å². The van der Waals surface area contributed by atoms with Gasteiger partial charge in [-0.25, -0.2) is 0 Å². The summed E-state index contributed by atoms with van der Waals surface area (Å²) in [7, 11) is 0. The molecule has 0 unspecified atom stereocenters. The Morgan fingerprint density at radius 1 is 1.38 bits per heavy atom. The van der Waals surface area contributed by atoms with Crippen LogP contribution >= 0.6 is 35.3 Å². The minimum Gasteiger partial charge on any atom is -0.363 e. The summed E-state index contributed by atoms with van der Waals surface area (Å²) in [6.45, 7) is 8.77.